The van der Waals surface area contributed by atoms with E-state index in [1.54, 1.807) is 0 Å². The molecule has 2 aliphatic rings. The van der Waals surface area contributed by atoms with Crippen molar-refractivity contribution >= 4 is 23.4 Å². The third kappa shape index (κ3) is 6.98. The number of rotatable bonds is 4. The van der Waals surface area contributed by atoms with Gasteiger partial charge in [-0.15, -0.1) is 0 Å². The summed E-state index contributed by atoms with van der Waals surface area (Å²) in [7, 11) is 2.15. The van der Waals surface area contributed by atoms with Crippen LogP contribution in [0.3, 0.4) is 0 Å². The van der Waals surface area contributed by atoms with Gasteiger partial charge in [-0.1, -0.05) is 12.8 Å². The van der Waals surface area contributed by atoms with Crippen LogP contribution in [0.25, 0.3) is 0 Å². The van der Waals surface area contributed by atoms with E-state index in [0.717, 1.165) is 51.6 Å². The number of hydrogen-bond acceptors (Lipinski definition) is 4. The Bertz CT molecular complexity index is 464. The van der Waals surface area contributed by atoms with Crippen molar-refractivity contribution in [3.05, 3.63) is 0 Å². The first-order valence-corrected chi connectivity index (χ1v) is 9.82. The molecule has 1 aliphatic heterocycles. The number of amides is 1. The van der Waals surface area contributed by atoms with Crippen molar-refractivity contribution in [2.24, 2.45) is 0 Å². The summed E-state index contributed by atoms with van der Waals surface area (Å²) in [6.07, 6.45) is 6.02. The summed E-state index contributed by atoms with van der Waals surface area (Å²) < 4.78 is 5.43. The Balaban J connectivity index is 1.80. The van der Waals surface area contributed by atoms with Gasteiger partial charge < -0.3 is 25.6 Å². The van der Waals surface area contributed by atoms with Gasteiger partial charge in [-0.25, -0.2) is 4.79 Å². The standard InChI is InChI=1S/C18H34N4O2S/c1-17(2,3)24-16(23)21-18(9-5-6-10-18)13-19-15(25)20-14-7-11-22(4)12-8-14/h14H,5-13H2,1-4H3,(H,21,23)(H2,19,20,25). The monoisotopic (exact) mass is 370 g/mol. The van der Waals surface area contributed by atoms with Crippen LogP contribution in [0.1, 0.15) is 59.3 Å². The van der Waals surface area contributed by atoms with E-state index >= 15 is 0 Å². The normalized spacial score (nSPS) is 21.6. The van der Waals surface area contributed by atoms with Gasteiger partial charge in [0.05, 0.1) is 5.54 Å². The van der Waals surface area contributed by atoms with E-state index in [-0.39, 0.29) is 11.6 Å². The lowest BCUT2D eigenvalue weighted by atomic mass is 9.98. The molecule has 0 atom stereocenters. The molecule has 7 heteroatoms. The minimum Gasteiger partial charge on any atom is -0.444 e. The van der Waals surface area contributed by atoms with Crippen molar-refractivity contribution in [2.45, 2.75) is 76.5 Å². The molecule has 0 spiro atoms. The van der Waals surface area contributed by atoms with E-state index in [9.17, 15) is 4.79 Å². The van der Waals surface area contributed by atoms with Crippen LogP contribution in [0, 0.1) is 0 Å². The molecule has 0 aromatic heterocycles. The average Bonchev–Trinajstić information content (AvgIpc) is 2.94. The Morgan fingerprint density at radius 2 is 1.84 bits per heavy atom. The highest BCUT2D eigenvalue weighted by atomic mass is 32.1. The summed E-state index contributed by atoms with van der Waals surface area (Å²) in [5, 5.41) is 10.5. The SMILES string of the molecule is CN1CCC(NC(=S)NCC2(NC(=O)OC(C)(C)C)CCCC2)CC1. The van der Waals surface area contributed by atoms with Gasteiger partial charge in [0.2, 0.25) is 0 Å². The molecule has 0 unspecified atom stereocenters. The number of likely N-dealkylation sites (tertiary alicyclic amines) is 1. The Hall–Kier alpha value is -1.08. The zero-order chi connectivity index (χ0) is 18.5. The average molecular weight is 371 g/mol. The van der Waals surface area contributed by atoms with E-state index in [1.165, 1.54) is 0 Å². The Kier molecular flexibility index (Phi) is 6.91. The molecule has 1 aliphatic carbocycles. The summed E-state index contributed by atoms with van der Waals surface area (Å²) in [5.74, 6) is 0. The maximum Gasteiger partial charge on any atom is 0.408 e. The van der Waals surface area contributed by atoms with Crippen LogP contribution in [0.4, 0.5) is 4.79 Å². The molecule has 0 aromatic rings. The van der Waals surface area contributed by atoms with E-state index < -0.39 is 5.60 Å². The van der Waals surface area contributed by atoms with Gasteiger partial charge in [0.15, 0.2) is 5.11 Å². The second-order valence-corrected chi connectivity index (χ2v) is 8.93. The van der Waals surface area contributed by atoms with Crippen LogP contribution < -0.4 is 16.0 Å². The predicted octanol–water partition coefficient (Wildman–Crippen LogP) is 2.38. The molecular formula is C18H34N4O2S. The quantitative estimate of drug-likeness (QED) is 0.661. The van der Waals surface area contributed by atoms with Gasteiger partial charge >= 0.3 is 6.09 Å². The van der Waals surface area contributed by atoms with Crippen molar-refractivity contribution < 1.29 is 9.53 Å². The number of nitrogens with zero attached hydrogens (tertiary/aromatic N) is 1. The first-order valence-electron chi connectivity index (χ1n) is 9.42. The lowest BCUT2D eigenvalue weighted by Crippen LogP contribution is -2.57. The van der Waals surface area contributed by atoms with Gasteiger partial charge in [0.1, 0.15) is 5.60 Å². The Labute approximate surface area is 157 Å². The molecule has 144 valence electrons. The van der Waals surface area contributed by atoms with Gasteiger partial charge in [0.25, 0.3) is 0 Å². The van der Waals surface area contributed by atoms with Crippen LogP contribution >= 0.6 is 12.2 Å². The van der Waals surface area contributed by atoms with Crippen molar-refractivity contribution in [1.82, 2.24) is 20.9 Å². The third-order valence-electron chi connectivity index (χ3n) is 4.97. The fourth-order valence-corrected chi connectivity index (χ4v) is 3.80. The summed E-state index contributed by atoms with van der Waals surface area (Å²) in [5.41, 5.74) is -0.747. The highest BCUT2D eigenvalue weighted by Gasteiger charge is 2.36. The minimum atomic E-state index is -0.484. The number of thiocarbonyl (C=S) groups is 1. The maximum absolute atomic E-state index is 12.2. The Morgan fingerprint density at radius 1 is 1.24 bits per heavy atom. The molecule has 0 aromatic carbocycles. The summed E-state index contributed by atoms with van der Waals surface area (Å²) >= 11 is 5.47. The minimum absolute atomic E-state index is 0.263. The van der Waals surface area contributed by atoms with E-state index in [0.29, 0.717) is 17.7 Å². The van der Waals surface area contributed by atoms with Crippen LogP contribution in [0.15, 0.2) is 0 Å². The van der Waals surface area contributed by atoms with Crippen LogP contribution in [0.5, 0.6) is 0 Å². The molecule has 1 heterocycles. The number of ether oxygens (including phenoxy) is 1. The van der Waals surface area contributed by atoms with E-state index in [2.05, 4.69) is 27.9 Å². The maximum atomic E-state index is 12.2. The molecule has 1 amide bonds. The second-order valence-electron chi connectivity index (χ2n) is 8.52. The van der Waals surface area contributed by atoms with Crippen LogP contribution in [0.2, 0.25) is 0 Å². The summed E-state index contributed by atoms with van der Waals surface area (Å²) in [6.45, 7) is 8.49. The first-order chi connectivity index (χ1) is 11.7. The molecule has 3 N–H and O–H groups in total. The highest BCUT2D eigenvalue weighted by Crippen LogP contribution is 2.29. The molecule has 2 rings (SSSR count). The second kappa shape index (κ2) is 8.54. The fraction of sp³-hybridized carbons (Fsp3) is 0.889. The van der Waals surface area contributed by atoms with E-state index in [4.69, 9.17) is 17.0 Å². The summed E-state index contributed by atoms with van der Waals surface area (Å²) in [4.78, 5) is 14.5. The lowest BCUT2D eigenvalue weighted by molar-refractivity contribution is 0.0458. The zero-order valence-corrected chi connectivity index (χ0v) is 16.9. The molecule has 6 nitrogen and oxygen atoms in total. The van der Waals surface area contributed by atoms with Crippen molar-refractivity contribution in [3.63, 3.8) is 0 Å². The molecule has 25 heavy (non-hydrogen) atoms. The predicted molar refractivity (Wildman–Crippen MR) is 105 cm³/mol. The van der Waals surface area contributed by atoms with Crippen molar-refractivity contribution in [1.29, 1.82) is 0 Å². The number of alkyl carbamates (subject to hydrolysis) is 1. The topological polar surface area (TPSA) is 65.6 Å². The van der Waals surface area contributed by atoms with Gasteiger partial charge in [-0.3, -0.25) is 0 Å². The van der Waals surface area contributed by atoms with E-state index in [1.807, 2.05) is 20.8 Å². The lowest BCUT2D eigenvalue weighted by Gasteiger charge is -2.34. The van der Waals surface area contributed by atoms with Gasteiger partial charge in [-0.2, -0.15) is 0 Å². The molecule has 1 saturated heterocycles. The first kappa shape index (κ1) is 20.2. The molecule has 1 saturated carbocycles. The zero-order valence-electron chi connectivity index (χ0n) is 16.1. The smallest absolute Gasteiger partial charge is 0.408 e. The van der Waals surface area contributed by atoms with Crippen LogP contribution in [-0.2, 0) is 4.74 Å². The van der Waals surface area contributed by atoms with Crippen LogP contribution in [-0.4, -0.2) is 60.0 Å². The third-order valence-corrected chi connectivity index (χ3v) is 5.23. The number of piperidine rings is 1. The number of nitrogens with one attached hydrogen (secondary N) is 3. The number of carbonyl (C=O) groups excluding carboxylic acids is 1. The molecule has 0 bridgehead atoms. The number of hydrogen-bond donors (Lipinski definition) is 3. The van der Waals surface area contributed by atoms with Crippen molar-refractivity contribution in [3.8, 4) is 0 Å². The van der Waals surface area contributed by atoms with Gasteiger partial charge in [-0.05, 0) is 78.8 Å². The largest absolute Gasteiger partial charge is 0.444 e. The molecular weight excluding hydrogens is 336 g/mol. The molecule has 0 radical (unpaired) electrons. The fourth-order valence-electron chi connectivity index (χ4n) is 3.56. The number of carbonyl (C=O) groups is 1. The van der Waals surface area contributed by atoms with Gasteiger partial charge in [0, 0.05) is 12.6 Å². The molecule has 2 fully saturated rings. The van der Waals surface area contributed by atoms with Crippen molar-refractivity contribution in [2.75, 3.05) is 26.7 Å². The summed E-state index contributed by atoms with van der Waals surface area (Å²) in [6, 6.07) is 0.439. The Morgan fingerprint density at radius 3 is 2.40 bits per heavy atom. The highest BCUT2D eigenvalue weighted by molar-refractivity contribution is 7.80.